The summed E-state index contributed by atoms with van der Waals surface area (Å²) in [5, 5.41) is 18.3. The molecule has 2 aliphatic rings. The van der Waals surface area contributed by atoms with Crippen molar-refractivity contribution in [3.8, 4) is 0 Å². The fourth-order valence-electron chi connectivity index (χ4n) is 3.75. The van der Waals surface area contributed by atoms with Gasteiger partial charge in [-0.15, -0.1) is 0 Å². The monoisotopic (exact) mass is 298 g/mol. The van der Waals surface area contributed by atoms with Crippen LogP contribution in [0.3, 0.4) is 0 Å². The number of ether oxygens (including phenoxy) is 1. The first-order chi connectivity index (χ1) is 9.99. The molecule has 2 saturated carbocycles. The highest BCUT2D eigenvalue weighted by atomic mass is 16.5. The molecule has 2 fully saturated rings. The highest BCUT2D eigenvalue weighted by Crippen LogP contribution is 2.34. The Morgan fingerprint density at radius 1 is 1.00 bits per heavy atom. The molecule has 0 bridgehead atoms. The Hall–Kier alpha value is -1.10. The highest BCUT2D eigenvalue weighted by molar-refractivity contribution is 5.80. The molecule has 21 heavy (non-hydrogen) atoms. The maximum atomic E-state index is 11.3. The highest BCUT2D eigenvalue weighted by Gasteiger charge is 2.40. The first-order valence-corrected chi connectivity index (χ1v) is 8.06. The number of rotatable bonds is 5. The fourth-order valence-corrected chi connectivity index (χ4v) is 3.75. The standard InChI is InChI=1S/C16H26O5/c1-10-4-2-3-5-11(10)9-21-12-6-7-13(15(17)18)14(8-12)16(19)20/h10-14H,2-9H2,1H3,(H,17,18)(H,19,20). The van der Waals surface area contributed by atoms with Crippen molar-refractivity contribution in [2.24, 2.45) is 23.7 Å². The van der Waals surface area contributed by atoms with Gasteiger partial charge in [0.25, 0.3) is 0 Å². The van der Waals surface area contributed by atoms with Crippen LogP contribution in [0.4, 0.5) is 0 Å². The molecule has 2 aliphatic carbocycles. The maximum absolute atomic E-state index is 11.3. The van der Waals surface area contributed by atoms with Gasteiger partial charge in [-0.25, -0.2) is 0 Å². The Labute approximate surface area is 125 Å². The molecule has 0 aromatic rings. The van der Waals surface area contributed by atoms with Gasteiger partial charge in [-0.3, -0.25) is 9.59 Å². The van der Waals surface area contributed by atoms with Crippen LogP contribution in [-0.2, 0) is 14.3 Å². The van der Waals surface area contributed by atoms with Gasteiger partial charge in [0, 0.05) is 0 Å². The Balaban J connectivity index is 1.84. The van der Waals surface area contributed by atoms with Crippen LogP contribution < -0.4 is 0 Å². The summed E-state index contributed by atoms with van der Waals surface area (Å²) in [5.74, 6) is -2.35. The molecule has 2 rings (SSSR count). The van der Waals surface area contributed by atoms with Gasteiger partial charge in [0.2, 0.25) is 0 Å². The molecule has 0 spiro atoms. The largest absolute Gasteiger partial charge is 0.481 e. The minimum Gasteiger partial charge on any atom is -0.481 e. The predicted octanol–water partition coefficient (Wildman–Crippen LogP) is 2.78. The molecular weight excluding hydrogens is 272 g/mol. The second-order valence-electron chi connectivity index (χ2n) is 6.68. The van der Waals surface area contributed by atoms with Crippen molar-refractivity contribution in [3.05, 3.63) is 0 Å². The van der Waals surface area contributed by atoms with Gasteiger partial charge in [0.15, 0.2) is 0 Å². The van der Waals surface area contributed by atoms with Gasteiger partial charge in [-0.1, -0.05) is 26.2 Å². The van der Waals surface area contributed by atoms with Crippen molar-refractivity contribution >= 4 is 11.9 Å². The van der Waals surface area contributed by atoms with Crippen LogP contribution in [0.15, 0.2) is 0 Å². The van der Waals surface area contributed by atoms with E-state index in [-0.39, 0.29) is 6.10 Å². The molecule has 5 atom stereocenters. The summed E-state index contributed by atoms with van der Waals surface area (Å²) < 4.78 is 5.95. The Kier molecular flexibility index (Phi) is 5.62. The van der Waals surface area contributed by atoms with E-state index >= 15 is 0 Å². The smallest absolute Gasteiger partial charge is 0.307 e. The van der Waals surface area contributed by atoms with Crippen LogP contribution in [0.25, 0.3) is 0 Å². The molecule has 0 heterocycles. The first kappa shape index (κ1) is 16.3. The lowest BCUT2D eigenvalue weighted by Crippen LogP contribution is -2.39. The molecule has 0 amide bonds. The van der Waals surface area contributed by atoms with Gasteiger partial charge in [-0.05, 0) is 37.5 Å². The molecule has 2 N–H and O–H groups in total. The molecule has 0 saturated heterocycles. The summed E-state index contributed by atoms with van der Waals surface area (Å²) in [6, 6.07) is 0. The predicted molar refractivity (Wildman–Crippen MR) is 77.0 cm³/mol. The summed E-state index contributed by atoms with van der Waals surface area (Å²) in [5.41, 5.74) is 0. The second-order valence-corrected chi connectivity index (χ2v) is 6.68. The van der Waals surface area contributed by atoms with E-state index in [0.717, 1.165) is 0 Å². The summed E-state index contributed by atoms with van der Waals surface area (Å²) >= 11 is 0. The molecule has 0 radical (unpaired) electrons. The third kappa shape index (κ3) is 4.19. The van der Waals surface area contributed by atoms with Crippen LogP contribution in [0.5, 0.6) is 0 Å². The number of hydrogen-bond donors (Lipinski definition) is 2. The molecule has 5 unspecified atom stereocenters. The van der Waals surface area contributed by atoms with E-state index < -0.39 is 23.8 Å². The molecular formula is C16H26O5. The van der Waals surface area contributed by atoms with E-state index in [1.165, 1.54) is 25.7 Å². The zero-order valence-corrected chi connectivity index (χ0v) is 12.7. The summed E-state index contributed by atoms with van der Waals surface area (Å²) in [7, 11) is 0. The molecule has 120 valence electrons. The van der Waals surface area contributed by atoms with Crippen molar-refractivity contribution in [1.82, 2.24) is 0 Å². The minimum atomic E-state index is -1.01. The van der Waals surface area contributed by atoms with E-state index in [2.05, 4.69) is 6.92 Å². The summed E-state index contributed by atoms with van der Waals surface area (Å²) in [4.78, 5) is 22.4. The quantitative estimate of drug-likeness (QED) is 0.815. The normalized spacial score (nSPS) is 37.1. The lowest BCUT2D eigenvalue weighted by molar-refractivity contribution is -0.159. The number of aliphatic carboxylic acids is 2. The van der Waals surface area contributed by atoms with E-state index in [9.17, 15) is 14.7 Å². The third-order valence-electron chi connectivity index (χ3n) is 5.27. The van der Waals surface area contributed by atoms with Crippen LogP contribution in [-0.4, -0.2) is 34.9 Å². The average molecular weight is 298 g/mol. The molecule has 0 aromatic heterocycles. The number of hydrogen-bond acceptors (Lipinski definition) is 3. The Morgan fingerprint density at radius 2 is 1.67 bits per heavy atom. The topological polar surface area (TPSA) is 83.8 Å². The molecule has 5 heteroatoms. The third-order valence-corrected chi connectivity index (χ3v) is 5.27. The summed E-state index contributed by atoms with van der Waals surface area (Å²) in [6.07, 6.45) is 6.26. The van der Waals surface area contributed by atoms with Crippen LogP contribution >= 0.6 is 0 Å². The lowest BCUT2D eigenvalue weighted by atomic mass is 9.77. The van der Waals surface area contributed by atoms with Crippen LogP contribution in [0, 0.1) is 23.7 Å². The zero-order chi connectivity index (χ0) is 15.4. The maximum Gasteiger partial charge on any atom is 0.307 e. The van der Waals surface area contributed by atoms with Crippen LogP contribution in [0.2, 0.25) is 0 Å². The van der Waals surface area contributed by atoms with Gasteiger partial charge in [0.05, 0.1) is 24.5 Å². The summed E-state index contributed by atoms with van der Waals surface area (Å²) in [6.45, 7) is 2.95. The van der Waals surface area contributed by atoms with E-state index in [1.54, 1.807) is 0 Å². The van der Waals surface area contributed by atoms with Crippen LogP contribution in [0.1, 0.15) is 51.9 Å². The zero-order valence-electron chi connectivity index (χ0n) is 12.7. The lowest BCUT2D eigenvalue weighted by Gasteiger charge is -2.34. The van der Waals surface area contributed by atoms with Crippen molar-refractivity contribution in [2.45, 2.75) is 58.0 Å². The van der Waals surface area contributed by atoms with E-state index in [0.29, 0.717) is 37.7 Å². The molecule has 5 nitrogen and oxygen atoms in total. The first-order valence-electron chi connectivity index (χ1n) is 8.06. The molecule has 0 aromatic carbocycles. The van der Waals surface area contributed by atoms with Crippen molar-refractivity contribution in [1.29, 1.82) is 0 Å². The SMILES string of the molecule is CC1CCCCC1COC1CCC(C(=O)O)C(C(=O)O)C1. The average Bonchev–Trinajstić information content (AvgIpc) is 2.46. The minimum absolute atomic E-state index is 0.101. The number of carbonyl (C=O) groups is 2. The van der Waals surface area contributed by atoms with Gasteiger partial charge >= 0.3 is 11.9 Å². The molecule has 0 aliphatic heterocycles. The Morgan fingerprint density at radius 3 is 2.29 bits per heavy atom. The fraction of sp³-hybridized carbons (Fsp3) is 0.875. The van der Waals surface area contributed by atoms with Gasteiger partial charge in [0.1, 0.15) is 0 Å². The Bertz CT molecular complexity index is 381. The van der Waals surface area contributed by atoms with E-state index in [1.807, 2.05) is 0 Å². The van der Waals surface area contributed by atoms with Gasteiger partial charge in [-0.2, -0.15) is 0 Å². The van der Waals surface area contributed by atoms with Crippen molar-refractivity contribution < 1.29 is 24.5 Å². The second kappa shape index (κ2) is 7.25. The van der Waals surface area contributed by atoms with Crippen molar-refractivity contribution in [2.75, 3.05) is 6.61 Å². The number of carboxylic acids is 2. The number of carboxylic acid groups (broad SMARTS) is 2. The van der Waals surface area contributed by atoms with Crippen molar-refractivity contribution in [3.63, 3.8) is 0 Å². The van der Waals surface area contributed by atoms with Gasteiger partial charge < -0.3 is 14.9 Å². The van der Waals surface area contributed by atoms with E-state index in [4.69, 9.17) is 9.84 Å².